The van der Waals surface area contributed by atoms with Gasteiger partial charge in [0.05, 0.1) is 6.33 Å². The first-order valence-corrected chi connectivity index (χ1v) is 7.31. The third-order valence-electron chi connectivity index (χ3n) is 3.72. The maximum Gasteiger partial charge on any atom is 0.0953 e. The standard InChI is InChI=1S/C16H31N3/c1-12(2)13(8-17)14-9-18-11-19(14)16(6,7)10-15(3,4)5/h9,11-13H,8,10,17H2,1-7H3. The summed E-state index contributed by atoms with van der Waals surface area (Å²) in [4.78, 5) is 4.38. The smallest absolute Gasteiger partial charge is 0.0953 e. The molecule has 0 bridgehead atoms. The van der Waals surface area contributed by atoms with E-state index < -0.39 is 0 Å². The number of aromatic nitrogens is 2. The lowest BCUT2D eigenvalue weighted by molar-refractivity contribution is 0.206. The molecular formula is C16H31N3. The molecule has 0 radical (unpaired) electrons. The van der Waals surface area contributed by atoms with E-state index in [1.807, 2.05) is 12.5 Å². The van der Waals surface area contributed by atoms with Crippen LogP contribution in [0, 0.1) is 11.3 Å². The Bertz CT molecular complexity index is 396. The van der Waals surface area contributed by atoms with E-state index in [9.17, 15) is 0 Å². The fourth-order valence-corrected chi connectivity index (χ4v) is 3.20. The van der Waals surface area contributed by atoms with E-state index >= 15 is 0 Å². The molecule has 1 rings (SSSR count). The number of rotatable bonds is 5. The lowest BCUT2D eigenvalue weighted by atomic mass is 9.81. The summed E-state index contributed by atoms with van der Waals surface area (Å²) in [6, 6.07) is 0. The van der Waals surface area contributed by atoms with Crippen LogP contribution in [0.5, 0.6) is 0 Å². The van der Waals surface area contributed by atoms with Crippen LogP contribution in [-0.4, -0.2) is 16.1 Å². The van der Waals surface area contributed by atoms with Gasteiger partial charge in [0.1, 0.15) is 0 Å². The zero-order valence-corrected chi connectivity index (χ0v) is 13.7. The van der Waals surface area contributed by atoms with Crippen LogP contribution in [0.4, 0.5) is 0 Å². The predicted octanol–water partition coefficient (Wildman–Crippen LogP) is 3.75. The molecule has 0 aliphatic heterocycles. The van der Waals surface area contributed by atoms with Gasteiger partial charge in [0.2, 0.25) is 0 Å². The van der Waals surface area contributed by atoms with Gasteiger partial charge in [-0.05, 0) is 31.6 Å². The molecule has 110 valence electrons. The quantitative estimate of drug-likeness (QED) is 0.881. The van der Waals surface area contributed by atoms with E-state index in [1.165, 1.54) is 5.69 Å². The van der Waals surface area contributed by atoms with Gasteiger partial charge >= 0.3 is 0 Å². The summed E-state index contributed by atoms with van der Waals surface area (Å²) in [5.74, 6) is 0.910. The highest BCUT2D eigenvalue weighted by molar-refractivity contribution is 5.11. The van der Waals surface area contributed by atoms with Crippen molar-refractivity contribution in [3.8, 4) is 0 Å². The molecule has 1 atom stereocenters. The molecule has 2 N–H and O–H groups in total. The maximum absolute atomic E-state index is 5.96. The Kier molecular flexibility index (Phi) is 4.83. The second-order valence-corrected chi connectivity index (χ2v) is 7.82. The van der Waals surface area contributed by atoms with Gasteiger partial charge in [-0.1, -0.05) is 34.6 Å². The van der Waals surface area contributed by atoms with Crippen molar-refractivity contribution in [3.63, 3.8) is 0 Å². The van der Waals surface area contributed by atoms with Crippen molar-refractivity contribution in [1.29, 1.82) is 0 Å². The van der Waals surface area contributed by atoms with E-state index in [2.05, 4.69) is 58.0 Å². The van der Waals surface area contributed by atoms with Crippen LogP contribution >= 0.6 is 0 Å². The lowest BCUT2D eigenvalue weighted by Gasteiger charge is -2.36. The minimum absolute atomic E-state index is 0.0619. The summed E-state index contributed by atoms with van der Waals surface area (Å²) >= 11 is 0. The number of hydrogen-bond acceptors (Lipinski definition) is 2. The monoisotopic (exact) mass is 265 g/mol. The van der Waals surface area contributed by atoms with Crippen molar-refractivity contribution < 1.29 is 0 Å². The minimum Gasteiger partial charge on any atom is -0.330 e. The molecule has 3 nitrogen and oxygen atoms in total. The van der Waals surface area contributed by atoms with Crippen molar-refractivity contribution in [2.75, 3.05) is 6.54 Å². The summed E-state index contributed by atoms with van der Waals surface area (Å²) in [6.07, 6.45) is 5.06. The Hall–Kier alpha value is -0.830. The van der Waals surface area contributed by atoms with Crippen LogP contribution in [0.2, 0.25) is 0 Å². The van der Waals surface area contributed by atoms with Gasteiger partial charge in [0.15, 0.2) is 0 Å². The van der Waals surface area contributed by atoms with Gasteiger partial charge in [-0.15, -0.1) is 0 Å². The number of nitrogens with zero attached hydrogens (tertiary/aromatic N) is 2. The molecule has 19 heavy (non-hydrogen) atoms. The van der Waals surface area contributed by atoms with Crippen molar-refractivity contribution in [1.82, 2.24) is 9.55 Å². The molecule has 0 aliphatic carbocycles. The molecule has 0 saturated carbocycles. The highest BCUT2D eigenvalue weighted by Crippen LogP contribution is 2.35. The molecule has 0 aliphatic rings. The maximum atomic E-state index is 5.96. The topological polar surface area (TPSA) is 43.8 Å². The minimum atomic E-state index is 0.0619. The fourth-order valence-electron chi connectivity index (χ4n) is 3.20. The molecule has 1 aromatic rings. The van der Waals surface area contributed by atoms with E-state index in [0.717, 1.165) is 6.42 Å². The van der Waals surface area contributed by atoms with Gasteiger partial charge in [0, 0.05) is 29.9 Å². The van der Waals surface area contributed by atoms with Crippen LogP contribution in [0.15, 0.2) is 12.5 Å². The summed E-state index contributed by atoms with van der Waals surface area (Å²) in [7, 11) is 0. The van der Waals surface area contributed by atoms with Crippen LogP contribution in [0.3, 0.4) is 0 Å². The van der Waals surface area contributed by atoms with E-state index in [0.29, 0.717) is 23.8 Å². The highest BCUT2D eigenvalue weighted by atomic mass is 15.1. The Balaban J connectivity index is 3.12. The van der Waals surface area contributed by atoms with Crippen LogP contribution in [0.1, 0.15) is 66.5 Å². The van der Waals surface area contributed by atoms with Gasteiger partial charge in [0.25, 0.3) is 0 Å². The molecule has 1 unspecified atom stereocenters. The summed E-state index contributed by atoms with van der Waals surface area (Å²) in [5.41, 5.74) is 7.59. The Morgan fingerprint density at radius 1 is 1.21 bits per heavy atom. The van der Waals surface area contributed by atoms with Crippen molar-refractivity contribution >= 4 is 0 Å². The summed E-state index contributed by atoms with van der Waals surface area (Å²) in [6.45, 7) is 16.6. The Labute approximate surface area is 118 Å². The van der Waals surface area contributed by atoms with Gasteiger partial charge in [-0.2, -0.15) is 0 Å². The highest BCUT2D eigenvalue weighted by Gasteiger charge is 2.30. The zero-order chi connectivity index (χ0) is 14.8. The fraction of sp³-hybridized carbons (Fsp3) is 0.812. The second kappa shape index (κ2) is 5.66. The van der Waals surface area contributed by atoms with Crippen LogP contribution in [0.25, 0.3) is 0 Å². The van der Waals surface area contributed by atoms with E-state index in [4.69, 9.17) is 5.73 Å². The SMILES string of the molecule is CC(C)C(CN)c1cncn1C(C)(C)CC(C)(C)C. The summed E-state index contributed by atoms with van der Waals surface area (Å²) in [5, 5.41) is 0. The molecule has 0 fully saturated rings. The van der Waals surface area contributed by atoms with Crippen molar-refractivity contribution in [2.24, 2.45) is 17.1 Å². The molecule has 1 heterocycles. The Morgan fingerprint density at radius 2 is 1.79 bits per heavy atom. The predicted molar refractivity (Wildman–Crippen MR) is 82.3 cm³/mol. The molecular weight excluding hydrogens is 234 g/mol. The average Bonchev–Trinajstić information content (AvgIpc) is 2.63. The molecule has 3 heteroatoms. The van der Waals surface area contributed by atoms with Gasteiger partial charge < -0.3 is 10.3 Å². The summed E-state index contributed by atoms with van der Waals surface area (Å²) < 4.78 is 2.33. The van der Waals surface area contributed by atoms with Crippen molar-refractivity contribution in [2.45, 2.75) is 66.3 Å². The van der Waals surface area contributed by atoms with Crippen LogP contribution in [-0.2, 0) is 5.54 Å². The number of hydrogen-bond donors (Lipinski definition) is 1. The third kappa shape index (κ3) is 4.07. The van der Waals surface area contributed by atoms with Crippen molar-refractivity contribution in [3.05, 3.63) is 18.2 Å². The normalized spacial score (nSPS) is 15.0. The molecule has 0 amide bonds. The van der Waals surface area contributed by atoms with E-state index in [-0.39, 0.29) is 5.54 Å². The second-order valence-electron chi connectivity index (χ2n) is 7.82. The van der Waals surface area contributed by atoms with Crippen LogP contribution < -0.4 is 5.73 Å². The molecule has 0 aromatic carbocycles. The zero-order valence-electron chi connectivity index (χ0n) is 13.7. The first kappa shape index (κ1) is 16.2. The number of nitrogens with two attached hydrogens (primary N) is 1. The first-order chi connectivity index (χ1) is 8.58. The molecule has 0 saturated heterocycles. The first-order valence-electron chi connectivity index (χ1n) is 7.31. The van der Waals surface area contributed by atoms with Gasteiger partial charge in [-0.25, -0.2) is 4.98 Å². The third-order valence-corrected chi connectivity index (χ3v) is 3.72. The lowest BCUT2D eigenvalue weighted by Crippen LogP contribution is -2.34. The Morgan fingerprint density at radius 3 is 2.21 bits per heavy atom. The molecule has 1 aromatic heterocycles. The number of imidazole rings is 1. The molecule has 0 spiro atoms. The average molecular weight is 265 g/mol. The van der Waals surface area contributed by atoms with E-state index in [1.54, 1.807) is 0 Å². The largest absolute Gasteiger partial charge is 0.330 e. The van der Waals surface area contributed by atoms with Gasteiger partial charge in [-0.3, -0.25) is 0 Å².